The van der Waals surface area contributed by atoms with Crippen molar-refractivity contribution < 1.29 is 22.3 Å². The third kappa shape index (κ3) is 5.06. The van der Waals surface area contributed by atoms with E-state index >= 15 is 0 Å². The second kappa shape index (κ2) is 8.40. The van der Waals surface area contributed by atoms with Gasteiger partial charge < -0.3 is 14.5 Å². The average molecular weight is 413 g/mol. The van der Waals surface area contributed by atoms with Crippen LogP contribution in [0.1, 0.15) is 11.3 Å². The SMILES string of the molecule is COc1ccc(CN2CCN(c3nc(N(C)C)cc(C(F)(F)F)n3)CC2)cc1F. The minimum atomic E-state index is -4.54. The van der Waals surface area contributed by atoms with Crippen molar-refractivity contribution in [3.8, 4) is 5.75 Å². The molecule has 1 fully saturated rings. The maximum absolute atomic E-state index is 13.9. The lowest BCUT2D eigenvalue weighted by atomic mass is 10.2. The van der Waals surface area contributed by atoms with Crippen LogP contribution >= 0.6 is 0 Å². The van der Waals surface area contributed by atoms with Gasteiger partial charge in [0.2, 0.25) is 5.95 Å². The second-order valence-corrected chi connectivity index (χ2v) is 7.04. The van der Waals surface area contributed by atoms with Gasteiger partial charge >= 0.3 is 6.18 Å². The Balaban J connectivity index is 1.69. The maximum Gasteiger partial charge on any atom is 0.433 e. The van der Waals surface area contributed by atoms with Crippen LogP contribution in [0.5, 0.6) is 5.75 Å². The Morgan fingerprint density at radius 1 is 1.07 bits per heavy atom. The molecule has 1 aliphatic rings. The fourth-order valence-corrected chi connectivity index (χ4v) is 3.11. The van der Waals surface area contributed by atoms with Crippen molar-refractivity contribution in [1.82, 2.24) is 14.9 Å². The lowest BCUT2D eigenvalue weighted by Gasteiger charge is -2.35. The molecule has 10 heteroatoms. The molecule has 0 bridgehead atoms. The first kappa shape index (κ1) is 21.1. The van der Waals surface area contributed by atoms with Crippen molar-refractivity contribution >= 4 is 11.8 Å². The van der Waals surface area contributed by atoms with E-state index in [-0.39, 0.29) is 17.5 Å². The Morgan fingerprint density at radius 3 is 2.31 bits per heavy atom. The van der Waals surface area contributed by atoms with Crippen molar-refractivity contribution in [3.63, 3.8) is 0 Å². The van der Waals surface area contributed by atoms with Crippen LogP contribution in [0.4, 0.5) is 29.3 Å². The molecular weight excluding hydrogens is 390 g/mol. The third-order valence-corrected chi connectivity index (χ3v) is 4.73. The molecule has 2 heterocycles. The number of methoxy groups -OCH3 is 1. The minimum absolute atomic E-state index is 0.0682. The van der Waals surface area contributed by atoms with Crippen LogP contribution < -0.4 is 14.5 Å². The molecule has 0 unspecified atom stereocenters. The molecule has 0 aliphatic carbocycles. The Kier molecular flexibility index (Phi) is 6.11. The molecular formula is C19H23F4N5O. The third-order valence-electron chi connectivity index (χ3n) is 4.73. The van der Waals surface area contributed by atoms with Crippen LogP contribution in [-0.4, -0.2) is 62.3 Å². The average Bonchev–Trinajstić information content (AvgIpc) is 2.67. The number of hydrogen-bond donors (Lipinski definition) is 0. The summed E-state index contributed by atoms with van der Waals surface area (Å²) in [5, 5.41) is 0. The molecule has 29 heavy (non-hydrogen) atoms. The normalized spacial score (nSPS) is 15.5. The quantitative estimate of drug-likeness (QED) is 0.703. The van der Waals surface area contributed by atoms with E-state index in [0.717, 1.165) is 11.6 Å². The summed E-state index contributed by atoms with van der Waals surface area (Å²) >= 11 is 0. The molecule has 0 spiro atoms. The van der Waals surface area contributed by atoms with Gasteiger partial charge in [0, 0.05) is 52.9 Å². The van der Waals surface area contributed by atoms with Crippen molar-refractivity contribution in [2.75, 3.05) is 57.2 Å². The van der Waals surface area contributed by atoms with E-state index < -0.39 is 17.7 Å². The van der Waals surface area contributed by atoms with Crippen molar-refractivity contribution in [1.29, 1.82) is 0 Å². The zero-order chi connectivity index (χ0) is 21.2. The molecule has 0 radical (unpaired) electrons. The minimum Gasteiger partial charge on any atom is -0.494 e. The molecule has 0 atom stereocenters. The molecule has 6 nitrogen and oxygen atoms in total. The molecule has 0 saturated carbocycles. The molecule has 0 amide bonds. The lowest BCUT2D eigenvalue weighted by molar-refractivity contribution is -0.141. The first-order valence-electron chi connectivity index (χ1n) is 9.10. The van der Waals surface area contributed by atoms with Crippen LogP contribution in [0.25, 0.3) is 0 Å². The highest BCUT2D eigenvalue weighted by atomic mass is 19.4. The summed E-state index contributed by atoms with van der Waals surface area (Å²) in [6.45, 7) is 2.70. The molecule has 3 rings (SSSR count). The summed E-state index contributed by atoms with van der Waals surface area (Å²) in [6, 6.07) is 5.76. The zero-order valence-electron chi connectivity index (χ0n) is 16.5. The van der Waals surface area contributed by atoms with Crippen LogP contribution in [0.2, 0.25) is 0 Å². The van der Waals surface area contributed by atoms with Gasteiger partial charge in [-0.05, 0) is 17.7 Å². The predicted octanol–water partition coefficient (Wildman–Crippen LogP) is 3.03. The van der Waals surface area contributed by atoms with E-state index in [0.29, 0.717) is 32.7 Å². The van der Waals surface area contributed by atoms with Crippen LogP contribution in [0, 0.1) is 5.82 Å². The van der Waals surface area contributed by atoms with E-state index in [1.54, 1.807) is 31.1 Å². The number of rotatable bonds is 5. The number of nitrogens with zero attached hydrogens (tertiary/aromatic N) is 5. The summed E-state index contributed by atoms with van der Waals surface area (Å²) < 4.78 is 58.4. The topological polar surface area (TPSA) is 44.7 Å². The van der Waals surface area contributed by atoms with Crippen LogP contribution in [0.3, 0.4) is 0 Å². The van der Waals surface area contributed by atoms with Crippen LogP contribution in [-0.2, 0) is 12.7 Å². The number of halogens is 4. The Morgan fingerprint density at radius 2 is 1.76 bits per heavy atom. The monoisotopic (exact) mass is 413 g/mol. The largest absolute Gasteiger partial charge is 0.494 e. The lowest BCUT2D eigenvalue weighted by Crippen LogP contribution is -2.46. The first-order chi connectivity index (χ1) is 13.7. The van der Waals surface area contributed by atoms with Gasteiger partial charge in [0.1, 0.15) is 5.82 Å². The van der Waals surface area contributed by atoms with Gasteiger partial charge in [-0.15, -0.1) is 0 Å². The van der Waals surface area contributed by atoms with Crippen molar-refractivity contribution in [3.05, 3.63) is 41.3 Å². The van der Waals surface area contributed by atoms with Crippen molar-refractivity contribution in [2.45, 2.75) is 12.7 Å². The molecule has 1 aliphatic heterocycles. The standard InChI is InChI=1S/C19H23F4N5O/c1-26(2)17-11-16(19(21,22)23)24-18(25-17)28-8-6-27(7-9-28)12-13-4-5-15(29-3)14(20)10-13/h4-5,10-11H,6-9,12H2,1-3H3. The van der Waals surface area contributed by atoms with E-state index in [2.05, 4.69) is 14.9 Å². The van der Waals surface area contributed by atoms with Crippen LogP contribution in [0.15, 0.2) is 24.3 Å². The Bertz CT molecular complexity index is 851. The summed E-state index contributed by atoms with van der Waals surface area (Å²) in [6.07, 6.45) is -4.54. The van der Waals surface area contributed by atoms with Gasteiger partial charge in [0.25, 0.3) is 0 Å². The number of aromatic nitrogens is 2. The highest BCUT2D eigenvalue weighted by Gasteiger charge is 2.34. The van der Waals surface area contributed by atoms with Gasteiger partial charge in [-0.3, -0.25) is 4.90 Å². The number of hydrogen-bond acceptors (Lipinski definition) is 6. The Labute approximate surface area is 166 Å². The number of anilines is 2. The predicted molar refractivity (Wildman–Crippen MR) is 102 cm³/mol. The molecule has 1 aromatic carbocycles. The van der Waals surface area contributed by atoms with E-state index in [9.17, 15) is 17.6 Å². The summed E-state index contributed by atoms with van der Waals surface area (Å²) in [5.41, 5.74) is -0.149. The van der Waals surface area contributed by atoms with Gasteiger partial charge in [-0.25, -0.2) is 9.37 Å². The fraction of sp³-hybridized carbons (Fsp3) is 0.474. The molecule has 2 aromatic rings. The number of piperazine rings is 1. The number of ether oxygens (including phenoxy) is 1. The second-order valence-electron chi connectivity index (χ2n) is 7.04. The van der Waals surface area contributed by atoms with E-state index in [4.69, 9.17) is 4.74 Å². The van der Waals surface area contributed by atoms with Crippen molar-refractivity contribution in [2.24, 2.45) is 0 Å². The fourth-order valence-electron chi connectivity index (χ4n) is 3.11. The Hall–Kier alpha value is -2.62. The molecule has 1 saturated heterocycles. The molecule has 158 valence electrons. The molecule has 1 aromatic heterocycles. The summed E-state index contributed by atoms with van der Waals surface area (Å²) in [5.74, 6) is 0.0475. The zero-order valence-corrected chi connectivity index (χ0v) is 16.5. The number of alkyl halides is 3. The smallest absolute Gasteiger partial charge is 0.433 e. The van der Waals surface area contributed by atoms with E-state index in [1.807, 2.05) is 0 Å². The van der Waals surface area contributed by atoms with Gasteiger partial charge in [0.05, 0.1) is 7.11 Å². The highest BCUT2D eigenvalue weighted by Crippen LogP contribution is 2.31. The van der Waals surface area contributed by atoms with Gasteiger partial charge in [0.15, 0.2) is 17.3 Å². The first-order valence-corrected chi connectivity index (χ1v) is 9.10. The highest BCUT2D eigenvalue weighted by molar-refractivity contribution is 5.46. The summed E-state index contributed by atoms with van der Waals surface area (Å²) in [4.78, 5) is 13.4. The maximum atomic E-state index is 13.9. The van der Waals surface area contributed by atoms with Gasteiger partial charge in [-0.2, -0.15) is 18.2 Å². The van der Waals surface area contributed by atoms with Gasteiger partial charge in [-0.1, -0.05) is 6.07 Å². The summed E-state index contributed by atoms with van der Waals surface area (Å²) in [7, 11) is 4.69. The van der Waals surface area contributed by atoms with E-state index in [1.165, 1.54) is 18.1 Å². The molecule has 0 N–H and O–H groups in total. The number of benzene rings is 1.